The molecule has 5 heteroatoms. The smallest absolute Gasteiger partial charge is 0.315 e. The highest BCUT2D eigenvalue weighted by Crippen LogP contribution is 2.37. The number of carbonyl (C=O) groups is 1. The molecule has 2 rings (SSSR count). The van der Waals surface area contributed by atoms with Crippen LogP contribution in [0.4, 0.5) is 4.79 Å². The Balaban J connectivity index is 1.77. The molecule has 0 bridgehead atoms. The average molecular weight is 294 g/mol. The van der Waals surface area contributed by atoms with Crippen LogP contribution in [0.3, 0.4) is 0 Å². The second kappa shape index (κ2) is 6.52. The van der Waals surface area contributed by atoms with Gasteiger partial charge in [-0.15, -0.1) is 0 Å². The second-order valence-corrected chi connectivity index (χ2v) is 6.72. The van der Waals surface area contributed by atoms with E-state index in [1.165, 1.54) is 6.26 Å². The Morgan fingerprint density at radius 2 is 2.33 bits per heavy atom. The first-order valence-electron chi connectivity index (χ1n) is 7.67. The third-order valence-electron chi connectivity index (χ3n) is 4.39. The lowest BCUT2D eigenvalue weighted by Crippen LogP contribution is -2.48. The van der Waals surface area contributed by atoms with Gasteiger partial charge in [0.05, 0.1) is 6.26 Å². The molecule has 0 saturated heterocycles. The van der Waals surface area contributed by atoms with E-state index >= 15 is 0 Å². The van der Waals surface area contributed by atoms with Gasteiger partial charge in [-0.25, -0.2) is 4.79 Å². The second-order valence-electron chi connectivity index (χ2n) is 6.72. The van der Waals surface area contributed by atoms with Gasteiger partial charge in [-0.05, 0) is 37.3 Å². The van der Waals surface area contributed by atoms with E-state index in [0.717, 1.165) is 19.3 Å². The number of urea groups is 1. The third kappa shape index (κ3) is 4.24. The van der Waals surface area contributed by atoms with Crippen LogP contribution >= 0.6 is 0 Å². The summed E-state index contributed by atoms with van der Waals surface area (Å²) < 4.78 is 5.16. The molecule has 1 aromatic rings. The molecule has 3 N–H and O–H groups in total. The Bertz CT molecular complexity index is 456. The van der Waals surface area contributed by atoms with E-state index in [-0.39, 0.29) is 23.5 Å². The van der Waals surface area contributed by atoms with Crippen molar-refractivity contribution in [1.29, 1.82) is 0 Å². The Morgan fingerprint density at radius 3 is 2.90 bits per heavy atom. The zero-order valence-corrected chi connectivity index (χ0v) is 13.1. The molecule has 21 heavy (non-hydrogen) atoms. The van der Waals surface area contributed by atoms with E-state index in [2.05, 4.69) is 24.5 Å². The van der Waals surface area contributed by atoms with Crippen molar-refractivity contribution in [3.05, 3.63) is 24.2 Å². The van der Waals surface area contributed by atoms with Gasteiger partial charge in [0.15, 0.2) is 0 Å². The van der Waals surface area contributed by atoms with Crippen molar-refractivity contribution in [2.45, 2.75) is 64.6 Å². The summed E-state index contributed by atoms with van der Waals surface area (Å²) in [5.41, 5.74) is 0.161. The van der Waals surface area contributed by atoms with Gasteiger partial charge in [0, 0.05) is 18.5 Å². The van der Waals surface area contributed by atoms with Gasteiger partial charge in [0.25, 0.3) is 0 Å². The zero-order chi connectivity index (χ0) is 15.5. The van der Waals surface area contributed by atoms with E-state index in [1.807, 2.05) is 6.92 Å². The first kappa shape index (κ1) is 15.9. The highest BCUT2D eigenvalue weighted by Gasteiger charge is 2.35. The van der Waals surface area contributed by atoms with Crippen molar-refractivity contribution in [2.24, 2.45) is 5.41 Å². The Morgan fingerprint density at radius 1 is 1.57 bits per heavy atom. The van der Waals surface area contributed by atoms with Crippen LogP contribution in [0, 0.1) is 5.41 Å². The predicted octanol–water partition coefficient (Wildman–Crippen LogP) is 2.97. The number of rotatable bonds is 5. The lowest BCUT2D eigenvalue weighted by atomic mass is 9.87. The Hall–Kier alpha value is -1.49. The van der Waals surface area contributed by atoms with Gasteiger partial charge in [0.2, 0.25) is 0 Å². The number of nitrogens with one attached hydrogen (secondary N) is 2. The van der Waals surface area contributed by atoms with E-state index in [4.69, 9.17) is 4.42 Å². The van der Waals surface area contributed by atoms with Gasteiger partial charge < -0.3 is 20.2 Å². The lowest BCUT2D eigenvalue weighted by molar-refractivity contribution is 0.129. The summed E-state index contributed by atoms with van der Waals surface area (Å²) >= 11 is 0. The van der Waals surface area contributed by atoms with Crippen LogP contribution in [0.1, 0.15) is 58.3 Å². The first-order valence-corrected chi connectivity index (χ1v) is 7.67. The summed E-state index contributed by atoms with van der Waals surface area (Å²) in [7, 11) is 0. The Labute approximate surface area is 126 Å². The molecule has 3 atom stereocenters. The van der Waals surface area contributed by atoms with Crippen molar-refractivity contribution in [2.75, 3.05) is 0 Å². The summed E-state index contributed by atoms with van der Waals surface area (Å²) in [6.07, 6.45) is 4.60. The summed E-state index contributed by atoms with van der Waals surface area (Å²) in [6, 6.07) is 3.41. The molecule has 1 aliphatic rings. The third-order valence-corrected chi connectivity index (χ3v) is 4.39. The number of carbonyl (C=O) groups excluding carboxylic acids is 1. The van der Waals surface area contributed by atoms with E-state index in [1.54, 1.807) is 12.1 Å². The number of furan rings is 1. The first-order chi connectivity index (χ1) is 9.88. The monoisotopic (exact) mass is 294 g/mol. The van der Waals surface area contributed by atoms with Crippen LogP contribution in [0.5, 0.6) is 0 Å². The summed E-state index contributed by atoms with van der Waals surface area (Å²) in [5, 5.41) is 15.9. The fourth-order valence-corrected chi connectivity index (χ4v) is 3.01. The van der Waals surface area contributed by atoms with Crippen LogP contribution in [-0.4, -0.2) is 23.2 Å². The minimum atomic E-state index is -0.696. The highest BCUT2D eigenvalue weighted by molar-refractivity contribution is 5.74. The fraction of sp³-hybridized carbons (Fsp3) is 0.688. The lowest BCUT2D eigenvalue weighted by Gasteiger charge is -2.28. The molecular formula is C16H26N2O3. The van der Waals surface area contributed by atoms with E-state index < -0.39 is 6.10 Å². The standard InChI is InChI=1S/C16H26N2O3/c1-11(10-12(19)13-6-5-9-21-13)17-15(20)18-14-7-4-8-16(14,2)3/h5-6,9,11-12,14,19H,4,7-8,10H2,1-3H3,(H2,17,18,20). The molecule has 1 heterocycles. The number of amides is 2. The zero-order valence-electron chi connectivity index (χ0n) is 13.1. The molecule has 118 valence electrons. The summed E-state index contributed by atoms with van der Waals surface area (Å²) in [4.78, 5) is 12.0. The maximum atomic E-state index is 12.0. The number of hydrogen-bond acceptors (Lipinski definition) is 3. The van der Waals surface area contributed by atoms with Crippen LogP contribution < -0.4 is 10.6 Å². The van der Waals surface area contributed by atoms with Gasteiger partial charge >= 0.3 is 6.03 Å². The minimum Gasteiger partial charge on any atom is -0.467 e. The topological polar surface area (TPSA) is 74.5 Å². The molecule has 0 radical (unpaired) electrons. The molecule has 1 saturated carbocycles. The number of aliphatic hydroxyl groups excluding tert-OH is 1. The predicted molar refractivity (Wildman–Crippen MR) is 80.8 cm³/mol. The van der Waals surface area contributed by atoms with Crippen molar-refractivity contribution in [3.8, 4) is 0 Å². The van der Waals surface area contributed by atoms with E-state index in [9.17, 15) is 9.90 Å². The quantitative estimate of drug-likeness (QED) is 0.781. The minimum absolute atomic E-state index is 0.130. The van der Waals surface area contributed by atoms with Crippen LogP contribution in [0.25, 0.3) is 0 Å². The maximum absolute atomic E-state index is 12.0. The molecule has 1 aromatic heterocycles. The van der Waals surface area contributed by atoms with Gasteiger partial charge in [0.1, 0.15) is 11.9 Å². The maximum Gasteiger partial charge on any atom is 0.315 e. The van der Waals surface area contributed by atoms with Crippen LogP contribution in [-0.2, 0) is 0 Å². The molecule has 0 spiro atoms. The SMILES string of the molecule is CC(CC(O)c1ccco1)NC(=O)NC1CCCC1(C)C. The van der Waals surface area contributed by atoms with Crippen LogP contribution in [0.15, 0.2) is 22.8 Å². The van der Waals surface area contributed by atoms with Crippen molar-refractivity contribution in [1.82, 2.24) is 10.6 Å². The van der Waals surface area contributed by atoms with Gasteiger partial charge in [-0.1, -0.05) is 20.3 Å². The average Bonchev–Trinajstić information content (AvgIpc) is 2.99. The molecule has 0 aromatic carbocycles. The van der Waals surface area contributed by atoms with E-state index in [0.29, 0.717) is 12.2 Å². The normalized spacial score (nSPS) is 23.5. The molecule has 1 aliphatic carbocycles. The number of aliphatic hydroxyl groups is 1. The van der Waals surface area contributed by atoms with Gasteiger partial charge in [-0.3, -0.25) is 0 Å². The molecule has 3 unspecified atom stereocenters. The van der Waals surface area contributed by atoms with Crippen LogP contribution in [0.2, 0.25) is 0 Å². The number of hydrogen-bond donors (Lipinski definition) is 3. The van der Waals surface area contributed by atoms with Gasteiger partial charge in [-0.2, -0.15) is 0 Å². The molecule has 2 amide bonds. The molecular weight excluding hydrogens is 268 g/mol. The van der Waals surface area contributed by atoms with Crippen molar-refractivity contribution >= 4 is 6.03 Å². The largest absolute Gasteiger partial charge is 0.467 e. The molecule has 1 fully saturated rings. The van der Waals surface area contributed by atoms with Crippen molar-refractivity contribution in [3.63, 3.8) is 0 Å². The highest BCUT2D eigenvalue weighted by atomic mass is 16.4. The summed E-state index contributed by atoms with van der Waals surface area (Å²) in [5.74, 6) is 0.529. The Kier molecular flexibility index (Phi) is 4.93. The summed E-state index contributed by atoms with van der Waals surface area (Å²) in [6.45, 7) is 6.26. The fourth-order valence-electron chi connectivity index (χ4n) is 3.01. The molecule has 5 nitrogen and oxygen atoms in total. The van der Waals surface area contributed by atoms with Crippen molar-refractivity contribution < 1.29 is 14.3 Å². The molecule has 0 aliphatic heterocycles.